The maximum atomic E-state index is 12.2. The van der Waals surface area contributed by atoms with Crippen molar-refractivity contribution in [1.29, 1.82) is 0 Å². The van der Waals surface area contributed by atoms with Crippen molar-refractivity contribution in [2.24, 2.45) is 5.73 Å². The number of carbonyl (C=O) groups excluding carboxylic acids is 2. The molecule has 0 aromatic heterocycles. The summed E-state index contributed by atoms with van der Waals surface area (Å²) >= 11 is 5.80. The Balaban J connectivity index is 2.07. The van der Waals surface area contributed by atoms with E-state index in [-0.39, 0.29) is 11.9 Å². The number of benzene rings is 1. The molecule has 1 saturated heterocycles. The van der Waals surface area contributed by atoms with Crippen LogP contribution in [0.4, 0.5) is 4.79 Å². The molecule has 0 radical (unpaired) electrons. The van der Waals surface area contributed by atoms with E-state index in [0.717, 1.165) is 18.4 Å². The smallest absolute Gasteiger partial charge is 0.325 e. The second-order valence-corrected chi connectivity index (χ2v) is 4.86. The molecular weight excluding hydrogens is 266 g/mol. The largest absolute Gasteiger partial charge is 0.330 e. The normalized spacial score (nSPS) is 18.8. The fourth-order valence-electron chi connectivity index (χ4n) is 2.03. The van der Waals surface area contributed by atoms with Crippen LogP contribution in [0.15, 0.2) is 24.3 Å². The van der Waals surface area contributed by atoms with Gasteiger partial charge in [-0.2, -0.15) is 0 Å². The zero-order chi connectivity index (χ0) is 13.8. The van der Waals surface area contributed by atoms with Crippen LogP contribution in [0.5, 0.6) is 0 Å². The van der Waals surface area contributed by atoms with E-state index in [1.54, 1.807) is 24.3 Å². The SMILES string of the molecule is NCCCCN1C(=O)NC(c2ccc(Cl)cc2)C1=O. The summed E-state index contributed by atoms with van der Waals surface area (Å²) < 4.78 is 0. The van der Waals surface area contributed by atoms with E-state index in [1.807, 2.05) is 0 Å². The van der Waals surface area contributed by atoms with Gasteiger partial charge in [-0.3, -0.25) is 9.69 Å². The fraction of sp³-hybridized carbons (Fsp3) is 0.385. The van der Waals surface area contributed by atoms with Gasteiger partial charge in [-0.25, -0.2) is 4.79 Å². The van der Waals surface area contributed by atoms with E-state index < -0.39 is 6.04 Å². The van der Waals surface area contributed by atoms with Crippen molar-refractivity contribution < 1.29 is 9.59 Å². The third-order valence-corrected chi connectivity index (χ3v) is 3.32. The molecule has 1 aliphatic rings. The van der Waals surface area contributed by atoms with Crippen molar-refractivity contribution in [1.82, 2.24) is 10.2 Å². The second kappa shape index (κ2) is 6.04. The number of unbranched alkanes of at least 4 members (excludes halogenated alkanes) is 1. The monoisotopic (exact) mass is 281 g/mol. The average Bonchev–Trinajstić information content (AvgIpc) is 2.68. The lowest BCUT2D eigenvalue weighted by Gasteiger charge is -2.12. The molecule has 1 fully saturated rings. The number of halogens is 1. The van der Waals surface area contributed by atoms with E-state index in [9.17, 15) is 9.59 Å². The van der Waals surface area contributed by atoms with E-state index in [1.165, 1.54) is 4.90 Å². The van der Waals surface area contributed by atoms with Crippen LogP contribution in [-0.2, 0) is 4.79 Å². The standard InChI is InChI=1S/C13H16ClN3O2/c14-10-5-3-9(4-6-10)11-12(18)17(13(19)16-11)8-2-1-7-15/h3-6,11H,1-2,7-8,15H2,(H,16,19). The predicted molar refractivity (Wildman–Crippen MR) is 72.7 cm³/mol. The number of nitrogens with zero attached hydrogens (tertiary/aromatic N) is 1. The Hall–Kier alpha value is -1.59. The Morgan fingerprint density at radius 3 is 2.53 bits per heavy atom. The topological polar surface area (TPSA) is 75.4 Å². The van der Waals surface area contributed by atoms with Crippen LogP contribution in [0, 0.1) is 0 Å². The first-order chi connectivity index (χ1) is 9.13. The average molecular weight is 282 g/mol. The molecule has 0 saturated carbocycles. The molecule has 1 unspecified atom stereocenters. The summed E-state index contributed by atoms with van der Waals surface area (Å²) in [5, 5.41) is 3.28. The van der Waals surface area contributed by atoms with Crippen LogP contribution < -0.4 is 11.1 Å². The molecule has 1 aromatic carbocycles. The lowest BCUT2D eigenvalue weighted by molar-refractivity contribution is -0.127. The molecule has 3 N–H and O–H groups in total. The number of rotatable bonds is 5. The lowest BCUT2D eigenvalue weighted by atomic mass is 10.1. The summed E-state index contributed by atoms with van der Waals surface area (Å²) in [6.45, 7) is 0.968. The first kappa shape index (κ1) is 13.8. The Labute approximate surface area is 116 Å². The molecule has 2 rings (SSSR count). The predicted octanol–water partition coefficient (Wildman–Crippen LogP) is 1.67. The Bertz CT molecular complexity index is 475. The van der Waals surface area contributed by atoms with Gasteiger partial charge in [0.25, 0.3) is 5.91 Å². The first-order valence-corrected chi connectivity index (χ1v) is 6.58. The maximum Gasteiger partial charge on any atom is 0.325 e. The quantitative estimate of drug-likeness (QED) is 0.637. The third kappa shape index (κ3) is 3.05. The highest BCUT2D eigenvalue weighted by Crippen LogP contribution is 2.23. The van der Waals surface area contributed by atoms with Crippen molar-refractivity contribution in [3.8, 4) is 0 Å². The molecular formula is C13H16ClN3O2. The van der Waals surface area contributed by atoms with Gasteiger partial charge in [-0.15, -0.1) is 0 Å². The van der Waals surface area contributed by atoms with Crippen LogP contribution >= 0.6 is 11.6 Å². The van der Waals surface area contributed by atoms with Gasteiger partial charge in [0.1, 0.15) is 6.04 Å². The fourth-order valence-corrected chi connectivity index (χ4v) is 2.15. The van der Waals surface area contributed by atoms with E-state index in [0.29, 0.717) is 18.1 Å². The number of hydrogen-bond acceptors (Lipinski definition) is 3. The van der Waals surface area contributed by atoms with Crippen molar-refractivity contribution in [2.45, 2.75) is 18.9 Å². The number of nitrogens with one attached hydrogen (secondary N) is 1. The van der Waals surface area contributed by atoms with Crippen LogP contribution in [-0.4, -0.2) is 29.9 Å². The van der Waals surface area contributed by atoms with Gasteiger partial charge < -0.3 is 11.1 Å². The van der Waals surface area contributed by atoms with E-state index in [4.69, 9.17) is 17.3 Å². The van der Waals surface area contributed by atoms with Crippen LogP contribution in [0.25, 0.3) is 0 Å². The molecule has 0 aliphatic carbocycles. The molecule has 19 heavy (non-hydrogen) atoms. The van der Waals surface area contributed by atoms with Gasteiger partial charge in [0.05, 0.1) is 0 Å². The number of urea groups is 1. The zero-order valence-electron chi connectivity index (χ0n) is 10.4. The number of carbonyl (C=O) groups is 2. The van der Waals surface area contributed by atoms with Gasteiger partial charge in [0, 0.05) is 11.6 Å². The zero-order valence-corrected chi connectivity index (χ0v) is 11.2. The molecule has 1 atom stereocenters. The summed E-state index contributed by atoms with van der Waals surface area (Å²) in [6.07, 6.45) is 1.52. The minimum absolute atomic E-state index is 0.218. The second-order valence-electron chi connectivity index (χ2n) is 4.42. The summed E-state index contributed by atoms with van der Waals surface area (Å²) in [6, 6.07) is 5.94. The molecule has 1 aliphatic heterocycles. The molecule has 102 valence electrons. The van der Waals surface area contributed by atoms with Crippen molar-refractivity contribution in [2.75, 3.05) is 13.1 Å². The molecule has 1 heterocycles. The Morgan fingerprint density at radius 1 is 1.21 bits per heavy atom. The highest BCUT2D eigenvalue weighted by Gasteiger charge is 2.38. The van der Waals surface area contributed by atoms with Gasteiger partial charge in [0.2, 0.25) is 0 Å². The highest BCUT2D eigenvalue weighted by molar-refractivity contribution is 6.30. The van der Waals surface area contributed by atoms with Gasteiger partial charge >= 0.3 is 6.03 Å². The van der Waals surface area contributed by atoms with E-state index >= 15 is 0 Å². The first-order valence-electron chi connectivity index (χ1n) is 6.21. The van der Waals surface area contributed by atoms with Crippen molar-refractivity contribution in [3.05, 3.63) is 34.9 Å². The molecule has 1 aromatic rings. The van der Waals surface area contributed by atoms with Crippen LogP contribution in [0.1, 0.15) is 24.4 Å². The van der Waals surface area contributed by atoms with Crippen molar-refractivity contribution >= 4 is 23.5 Å². The van der Waals surface area contributed by atoms with Crippen LogP contribution in [0.3, 0.4) is 0 Å². The maximum absolute atomic E-state index is 12.2. The molecule has 3 amide bonds. The molecule has 5 nitrogen and oxygen atoms in total. The van der Waals surface area contributed by atoms with Gasteiger partial charge in [-0.05, 0) is 37.1 Å². The minimum Gasteiger partial charge on any atom is -0.330 e. The van der Waals surface area contributed by atoms with Gasteiger partial charge in [0.15, 0.2) is 0 Å². The number of nitrogens with two attached hydrogens (primary N) is 1. The number of hydrogen-bond donors (Lipinski definition) is 2. The van der Waals surface area contributed by atoms with Gasteiger partial charge in [-0.1, -0.05) is 23.7 Å². The number of imide groups is 1. The number of amides is 3. The third-order valence-electron chi connectivity index (χ3n) is 3.07. The highest BCUT2D eigenvalue weighted by atomic mass is 35.5. The van der Waals surface area contributed by atoms with Crippen molar-refractivity contribution in [3.63, 3.8) is 0 Å². The summed E-state index contributed by atoms with van der Waals surface area (Å²) in [7, 11) is 0. The summed E-state index contributed by atoms with van der Waals surface area (Å²) in [5.41, 5.74) is 6.14. The molecule has 6 heteroatoms. The summed E-state index contributed by atoms with van der Waals surface area (Å²) in [4.78, 5) is 25.2. The Morgan fingerprint density at radius 2 is 1.89 bits per heavy atom. The Kier molecular flexibility index (Phi) is 4.39. The lowest BCUT2D eigenvalue weighted by Crippen LogP contribution is -2.32. The molecule has 0 spiro atoms. The van der Waals surface area contributed by atoms with Crippen LogP contribution in [0.2, 0.25) is 5.02 Å². The van der Waals surface area contributed by atoms with E-state index in [2.05, 4.69) is 5.32 Å². The molecule has 0 bridgehead atoms. The minimum atomic E-state index is -0.609. The summed E-state index contributed by atoms with van der Waals surface area (Å²) in [5.74, 6) is -0.218.